The summed E-state index contributed by atoms with van der Waals surface area (Å²) in [7, 11) is -0.548. The second-order valence-corrected chi connectivity index (χ2v) is 18.7. The second kappa shape index (κ2) is 17.0. The van der Waals surface area contributed by atoms with Crippen molar-refractivity contribution in [3.8, 4) is 17.1 Å². The first-order valence-corrected chi connectivity index (χ1v) is 20.2. The monoisotopic (exact) mass is 754 g/mol. The number of likely N-dealkylation sites (N-methyl/N-ethyl adjacent to an activating group) is 1. The van der Waals surface area contributed by atoms with Crippen molar-refractivity contribution in [2.45, 2.75) is 103 Å². The summed E-state index contributed by atoms with van der Waals surface area (Å²) in [6, 6.07) is 13.8. The predicted molar refractivity (Wildman–Crippen MR) is 208 cm³/mol. The summed E-state index contributed by atoms with van der Waals surface area (Å²) in [5, 5.41) is 0.430. The van der Waals surface area contributed by atoms with Crippen molar-refractivity contribution in [2.75, 3.05) is 32.0 Å². The van der Waals surface area contributed by atoms with E-state index >= 15 is 0 Å². The number of benzene rings is 2. The number of carbonyl (C=O) groups is 2. The van der Waals surface area contributed by atoms with E-state index in [-0.39, 0.29) is 51.3 Å². The first-order chi connectivity index (χ1) is 24.4. The van der Waals surface area contributed by atoms with Crippen LogP contribution in [0.15, 0.2) is 53.4 Å². The molecule has 1 heterocycles. The van der Waals surface area contributed by atoms with Gasteiger partial charge in [0.25, 0.3) is 10.0 Å². The maximum Gasteiger partial charge on any atom is 0.603 e. The molecule has 0 saturated heterocycles. The molecule has 0 aliphatic heterocycles. The highest BCUT2D eigenvalue weighted by Crippen LogP contribution is 2.46. The van der Waals surface area contributed by atoms with E-state index in [9.17, 15) is 18.0 Å². The Bertz CT molecular complexity index is 1870. The van der Waals surface area contributed by atoms with Crippen LogP contribution < -0.4 is 9.46 Å². The quantitative estimate of drug-likeness (QED) is 0.0938. The van der Waals surface area contributed by atoms with Crippen LogP contribution in [-0.4, -0.2) is 84.3 Å². The summed E-state index contributed by atoms with van der Waals surface area (Å²) in [6.07, 6.45) is 4.27. The molecule has 1 aromatic heterocycles. The lowest BCUT2D eigenvalue weighted by Gasteiger charge is -2.47. The van der Waals surface area contributed by atoms with Gasteiger partial charge in [-0.1, -0.05) is 58.0 Å². The van der Waals surface area contributed by atoms with Gasteiger partial charge in [0.1, 0.15) is 12.9 Å². The Balaban J connectivity index is 1.58. The Labute approximate surface area is 313 Å². The van der Waals surface area contributed by atoms with Crippen molar-refractivity contribution < 1.29 is 31.4 Å². The van der Waals surface area contributed by atoms with Gasteiger partial charge in [0.05, 0.1) is 22.9 Å². The summed E-state index contributed by atoms with van der Waals surface area (Å²) < 4.78 is 42.6. The number of anilines is 1. The maximum atomic E-state index is 13.4. The van der Waals surface area contributed by atoms with Crippen LogP contribution in [-0.2, 0) is 26.3 Å². The van der Waals surface area contributed by atoms with Gasteiger partial charge in [-0.3, -0.25) is 9.69 Å². The van der Waals surface area contributed by atoms with Gasteiger partial charge in [-0.05, 0) is 94.5 Å². The molecule has 13 heteroatoms. The van der Waals surface area contributed by atoms with Crippen molar-refractivity contribution in [1.29, 1.82) is 0 Å². The van der Waals surface area contributed by atoms with Crippen LogP contribution >= 0.6 is 0 Å². The highest BCUT2D eigenvalue weighted by atomic mass is 32.2. The number of carbonyl (C=O) groups excluding carboxylic acids is 2. The maximum absolute atomic E-state index is 13.4. The van der Waals surface area contributed by atoms with E-state index in [0.717, 1.165) is 53.9 Å². The van der Waals surface area contributed by atoms with E-state index in [1.807, 2.05) is 39.0 Å². The van der Waals surface area contributed by atoms with Crippen molar-refractivity contribution >= 4 is 39.9 Å². The Kier molecular flexibility index (Phi) is 13.4. The number of thiol groups is 1. The molecule has 1 fully saturated rings. The number of rotatable bonds is 15. The Morgan fingerprint density at radius 3 is 2.38 bits per heavy atom. The molecule has 0 spiro atoms. The van der Waals surface area contributed by atoms with E-state index < -0.39 is 10.0 Å². The molecule has 52 heavy (non-hydrogen) atoms. The second-order valence-electron chi connectivity index (χ2n) is 15.6. The zero-order chi connectivity index (χ0) is 38.4. The third kappa shape index (κ3) is 10.7. The molecule has 284 valence electrons. The van der Waals surface area contributed by atoms with Gasteiger partial charge in [0.15, 0.2) is 6.54 Å². The summed E-state index contributed by atoms with van der Waals surface area (Å²) in [6.45, 7) is 18.1. The molecule has 3 aromatic rings. The minimum absolute atomic E-state index is 0.00972. The summed E-state index contributed by atoms with van der Waals surface area (Å²) in [4.78, 5) is 35.0. The third-order valence-electron chi connectivity index (χ3n) is 9.75. The zero-order valence-electron chi connectivity index (χ0n) is 32.3. The Morgan fingerprint density at radius 2 is 1.79 bits per heavy atom. The summed E-state index contributed by atoms with van der Waals surface area (Å²) in [5.41, 5.74) is 3.79. The minimum atomic E-state index is -4.12. The van der Waals surface area contributed by atoms with Crippen LogP contribution in [0.5, 0.6) is 5.88 Å². The van der Waals surface area contributed by atoms with E-state index in [1.165, 1.54) is 25.3 Å². The van der Waals surface area contributed by atoms with Crippen LogP contribution in [0.2, 0.25) is 0 Å². The molecule has 1 aliphatic carbocycles. The molecular formula is C39H56N5O6S2+. The Hall–Kier alpha value is -3.68. The normalized spacial score (nSPS) is 19.2. The number of amides is 1. The molecule has 1 N–H and O–H groups in total. The third-order valence-corrected chi connectivity index (χ3v) is 12.5. The number of hydrogen-bond acceptors (Lipinski definition) is 9. The lowest BCUT2D eigenvalue weighted by molar-refractivity contribution is -0.414. The van der Waals surface area contributed by atoms with E-state index in [1.54, 1.807) is 16.1 Å². The van der Waals surface area contributed by atoms with Crippen molar-refractivity contribution in [3.63, 3.8) is 0 Å². The first-order valence-electron chi connectivity index (χ1n) is 17.8. The molecule has 1 saturated carbocycles. The molecule has 0 unspecified atom stereocenters. The van der Waals surface area contributed by atoms with Crippen molar-refractivity contribution in [1.82, 2.24) is 14.9 Å². The summed E-state index contributed by atoms with van der Waals surface area (Å²) >= 11 is 1.01. The fourth-order valence-electron chi connectivity index (χ4n) is 7.14. The number of nitrogens with zero attached hydrogens (tertiary/aromatic N) is 4. The largest absolute Gasteiger partial charge is 0.603 e. The predicted octanol–water partition coefficient (Wildman–Crippen LogP) is 7.23. The molecule has 0 radical (unpaired) electrons. The van der Waals surface area contributed by atoms with Gasteiger partial charge >= 0.3 is 6.09 Å². The lowest BCUT2D eigenvalue weighted by atomic mass is 9.66. The molecule has 2 atom stereocenters. The van der Waals surface area contributed by atoms with Crippen LogP contribution in [0.3, 0.4) is 0 Å². The number of hydrogen-bond donors (Lipinski definition) is 2. The van der Waals surface area contributed by atoms with Crippen LogP contribution in [0.4, 0.5) is 10.7 Å². The standard InChI is InChI=1S/C39H56N5O6S2/c1-11-44(37(46)49-10)51-31-22-39(8,23-31)20-28(4)43(9)30(21-38(5,6)7)25-50-34-19-33(35-26(2)14-12-15-27(35)3)40-36(41-34)42-52(47,48)32-17-13-16-29(18-32)24-45/h12-19,24,28,30-31,51H,11,20-23,25H2,1-10H3,(H,40,41,42)/q+1/t28-,30+,31?,39?/m0/s1. The van der Waals surface area contributed by atoms with Gasteiger partial charge in [0.2, 0.25) is 11.8 Å². The average Bonchev–Trinajstić information content (AvgIpc) is 3.06. The van der Waals surface area contributed by atoms with Crippen molar-refractivity contribution in [3.05, 3.63) is 65.2 Å². The van der Waals surface area contributed by atoms with E-state index in [0.29, 0.717) is 30.4 Å². The topological polar surface area (TPSA) is 131 Å². The fourth-order valence-corrected chi connectivity index (χ4v) is 9.91. The molecule has 1 aliphatic rings. The number of aldehydes is 1. The SMILES string of the molecule is CC[N+](=[SH]C1CC(C)(C[C@H](C)N(C)[C@@H](COc2cc(-c3c(C)cccc3C)nc(NS(=O)(=O)c3cccc(C=O)c3)n2)CC(C)(C)C)C1)C(=O)OC. The van der Waals surface area contributed by atoms with E-state index in [2.05, 4.69) is 61.3 Å². The zero-order valence-corrected chi connectivity index (χ0v) is 34.0. The summed E-state index contributed by atoms with van der Waals surface area (Å²) in [5.74, 6) is 0.132. The van der Waals surface area contributed by atoms with Crippen molar-refractivity contribution in [2.24, 2.45) is 10.8 Å². The fraction of sp³-hybridized carbons (Fsp3) is 0.538. The number of aryl methyl sites for hydroxylation is 2. The number of aromatic nitrogens is 2. The van der Waals surface area contributed by atoms with Crippen LogP contribution in [0, 0.1) is 24.7 Å². The molecule has 11 nitrogen and oxygen atoms in total. The molecular weight excluding hydrogens is 699 g/mol. The van der Waals surface area contributed by atoms with Gasteiger partial charge in [-0.15, -0.1) is 3.95 Å². The smallest absolute Gasteiger partial charge is 0.476 e. The van der Waals surface area contributed by atoms with Gasteiger partial charge in [0, 0.05) is 40.8 Å². The first kappa shape index (κ1) is 41.1. The highest BCUT2D eigenvalue weighted by molar-refractivity contribution is 7.92. The molecule has 4 rings (SSSR count). The van der Waals surface area contributed by atoms with Gasteiger partial charge < -0.3 is 9.47 Å². The lowest BCUT2D eigenvalue weighted by Crippen LogP contribution is -2.49. The Morgan fingerprint density at radius 1 is 1.13 bits per heavy atom. The number of ether oxygens (including phenoxy) is 2. The number of sulfonamides is 1. The molecule has 0 bridgehead atoms. The van der Waals surface area contributed by atoms with Gasteiger partial charge in [-0.2, -0.15) is 9.78 Å². The average molecular weight is 755 g/mol. The van der Waals surface area contributed by atoms with Crippen LogP contribution in [0.1, 0.15) is 88.7 Å². The minimum Gasteiger partial charge on any atom is -0.476 e. The van der Waals surface area contributed by atoms with E-state index in [4.69, 9.17) is 9.47 Å². The molecule has 2 aromatic carbocycles. The number of methoxy groups -OCH3 is 1. The number of nitrogens with one attached hydrogen (secondary N) is 1. The van der Waals surface area contributed by atoms with Crippen LogP contribution in [0.25, 0.3) is 11.3 Å². The van der Waals surface area contributed by atoms with Gasteiger partial charge in [-0.25, -0.2) is 18.1 Å². The highest BCUT2D eigenvalue weighted by Gasteiger charge is 2.43. The molecule has 1 amide bonds.